The van der Waals surface area contributed by atoms with Crippen LogP contribution in [0.15, 0.2) is 28.7 Å². The van der Waals surface area contributed by atoms with Gasteiger partial charge in [-0.25, -0.2) is 9.78 Å². The molecule has 1 aromatic carbocycles. The zero-order valence-electron chi connectivity index (χ0n) is 20.3. The zero-order chi connectivity index (χ0) is 24.1. The predicted octanol–water partition coefficient (Wildman–Crippen LogP) is 5.67. The van der Waals surface area contributed by atoms with Gasteiger partial charge in [-0.2, -0.15) is 0 Å². The summed E-state index contributed by atoms with van der Waals surface area (Å²) in [6, 6.07) is 8.00. The van der Waals surface area contributed by atoms with Gasteiger partial charge < -0.3 is 18.9 Å². The number of rotatable bonds is 6. The minimum Gasteiger partial charge on any atom is -0.469 e. The number of fused-ring (bicyclic) bond motifs is 2. The van der Waals surface area contributed by atoms with Gasteiger partial charge in [0.25, 0.3) is 0 Å². The Hall–Kier alpha value is -1.03. The van der Waals surface area contributed by atoms with E-state index in [1.807, 2.05) is 31.2 Å². The molecule has 34 heavy (non-hydrogen) atoms. The first kappa shape index (κ1) is 24.7. The number of carbonyl (C=O) groups excluding carboxylic acids is 1. The molecule has 8 heteroatoms. The van der Waals surface area contributed by atoms with E-state index in [1.165, 1.54) is 7.11 Å². The van der Waals surface area contributed by atoms with Gasteiger partial charge in [-0.15, -0.1) is 0 Å². The van der Waals surface area contributed by atoms with Crippen LogP contribution in [0.5, 0.6) is 0 Å². The Kier molecular flexibility index (Phi) is 6.85. The van der Waals surface area contributed by atoms with Crippen molar-refractivity contribution < 1.29 is 33.5 Å². The van der Waals surface area contributed by atoms with Crippen LogP contribution in [0.1, 0.15) is 71.0 Å². The summed E-state index contributed by atoms with van der Waals surface area (Å²) in [6.45, 7) is 6.41. The molecular formula is C26H35BrO7. The zero-order valence-corrected chi connectivity index (χ0v) is 21.9. The number of methoxy groups -OCH3 is 1. The van der Waals surface area contributed by atoms with Crippen molar-refractivity contribution in [1.29, 1.82) is 0 Å². The number of halogens is 1. The first-order valence-electron chi connectivity index (χ1n) is 12.4. The Morgan fingerprint density at radius 2 is 1.91 bits per heavy atom. The molecule has 1 unspecified atom stereocenters. The largest absolute Gasteiger partial charge is 0.469 e. The average Bonchev–Trinajstić information content (AvgIpc) is 3.06. The van der Waals surface area contributed by atoms with Gasteiger partial charge in [-0.05, 0) is 62.1 Å². The maximum Gasteiger partial charge on any atom is 0.305 e. The summed E-state index contributed by atoms with van der Waals surface area (Å²) in [4.78, 5) is 24.0. The van der Waals surface area contributed by atoms with Crippen LogP contribution in [-0.4, -0.2) is 37.0 Å². The van der Waals surface area contributed by atoms with Gasteiger partial charge >= 0.3 is 5.97 Å². The van der Waals surface area contributed by atoms with Crippen molar-refractivity contribution in [2.45, 2.75) is 89.4 Å². The second-order valence-corrected chi connectivity index (χ2v) is 11.5. The molecule has 9 atom stereocenters. The molecule has 4 heterocycles. The fraction of sp³-hybridized carbons (Fsp3) is 0.731. The molecule has 4 aliphatic heterocycles. The molecule has 0 aromatic heterocycles. The molecule has 5 aliphatic rings. The highest BCUT2D eigenvalue weighted by Crippen LogP contribution is 2.60. The van der Waals surface area contributed by atoms with Gasteiger partial charge in [0.1, 0.15) is 0 Å². The smallest absolute Gasteiger partial charge is 0.305 e. The lowest BCUT2D eigenvalue weighted by Crippen LogP contribution is -2.70. The molecule has 0 amide bonds. The third-order valence-corrected chi connectivity index (χ3v) is 9.00. The van der Waals surface area contributed by atoms with Crippen LogP contribution >= 0.6 is 15.9 Å². The fourth-order valence-electron chi connectivity index (χ4n) is 6.53. The van der Waals surface area contributed by atoms with Crippen LogP contribution in [0, 0.1) is 23.7 Å². The first-order valence-corrected chi connectivity index (χ1v) is 13.2. The molecule has 1 saturated carbocycles. The minimum atomic E-state index is -0.821. The number of hydrogen-bond donors (Lipinski definition) is 0. The maximum atomic E-state index is 11.9. The van der Waals surface area contributed by atoms with Gasteiger partial charge in [0, 0.05) is 29.2 Å². The van der Waals surface area contributed by atoms with Crippen LogP contribution in [0.25, 0.3) is 0 Å². The fourth-order valence-corrected chi connectivity index (χ4v) is 6.80. The maximum absolute atomic E-state index is 11.9. The molecule has 0 radical (unpaired) electrons. The van der Waals surface area contributed by atoms with E-state index in [0.717, 1.165) is 35.7 Å². The predicted molar refractivity (Wildman–Crippen MR) is 126 cm³/mol. The Morgan fingerprint density at radius 3 is 2.65 bits per heavy atom. The van der Waals surface area contributed by atoms with Crippen molar-refractivity contribution in [1.82, 2.24) is 0 Å². The molecule has 1 spiro atoms. The molecule has 2 bridgehead atoms. The van der Waals surface area contributed by atoms with Gasteiger partial charge in [0.15, 0.2) is 18.2 Å². The molecule has 5 fully saturated rings. The van der Waals surface area contributed by atoms with Gasteiger partial charge in [-0.1, -0.05) is 41.9 Å². The van der Waals surface area contributed by atoms with Gasteiger partial charge in [-0.3, -0.25) is 4.79 Å². The van der Waals surface area contributed by atoms with E-state index < -0.39 is 24.0 Å². The highest BCUT2D eigenvalue weighted by Gasteiger charge is 2.69. The highest BCUT2D eigenvalue weighted by molar-refractivity contribution is 9.10. The summed E-state index contributed by atoms with van der Waals surface area (Å²) < 4.78 is 25.5. The Bertz CT molecular complexity index is 894. The van der Waals surface area contributed by atoms with E-state index >= 15 is 0 Å². The first-order chi connectivity index (χ1) is 16.3. The molecule has 0 N–H and O–H groups in total. The number of hydrogen-bond acceptors (Lipinski definition) is 7. The lowest BCUT2D eigenvalue weighted by molar-refractivity contribution is -0.578. The molecule has 1 aliphatic carbocycles. The average molecular weight is 539 g/mol. The summed E-state index contributed by atoms with van der Waals surface area (Å²) in [5, 5.41) is 0. The summed E-state index contributed by atoms with van der Waals surface area (Å²) in [5.74, 6) is -0.00288. The third kappa shape index (κ3) is 4.24. The molecule has 6 rings (SSSR count). The Morgan fingerprint density at radius 1 is 1.15 bits per heavy atom. The van der Waals surface area contributed by atoms with Crippen LogP contribution in [0.2, 0.25) is 0 Å². The number of ether oxygens (including phenoxy) is 4. The topological polar surface area (TPSA) is 72.5 Å². The van der Waals surface area contributed by atoms with Crippen LogP contribution in [0.3, 0.4) is 0 Å². The lowest BCUT2D eigenvalue weighted by atomic mass is 9.58. The Labute approximate surface area is 209 Å². The van der Waals surface area contributed by atoms with E-state index in [1.54, 1.807) is 0 Å². The molecule has 7 nitrogen and oxygen atoms in total. The van der Waals surface area contributed by atoms with E-state index in [0.29, 0.717) is 18.3 Å². The van der Waals surface area contributed by atoms with Gasteiger partial charge in [0.2, 0.25) is 5.79 Å². The highest BCUT2D eigenvalue weighted by atomic mass is 79.9. The monoisotopic (exact) mass is 538 g/mol. The summed E-state index contributed by atoms with van der Waals surface area (Å²) in [7, 11) is 1.41. The van der Waals surface area contributed by atoms with Crippen LogP contribution in [-0.2, 0) is 33.5 Å². The minimum absolute atomic E-state index is 0.0666. The second kappa shape index (κ2) is 9.45. The van der Waals surface area contributed by atoms with Crippen molar-refractivity contribution in [3.63, 3.8) is 0 Å². The number of esters is 1. The number of benzene rings is 1. The standard InChI is InChI=1S/C26H35BrO7/c1-15-5-10-20-16(2)23(31-24-26(20)19(15)13-14-25(3,32-24)33-34-26)30-21(11-12-22(28)29-4)17-6-8-18(27)9-7-17/h6-9,15-16,19-21,23-24H,5,10-14H2,1-4H3/t15-,16-,19+,20?,21-,23+,24-,25+,26-/m1/s1. The summed E-state index contributed by atoms with van der Waals surface area (Å²) in [5.41, 5.74) is 0.375. The molecule has 188 valence electrons. The van der Waals surface area contributed by atoms with Crippen molar-refractivity contribution in [3.05, 3.63) is 34.3 Å². The van der Waals surface area contributed by atoms with Crippen molar-refractivity contribution >= 4 is 21.9 Å². The van der Waals surface area contributed by atoms with Crippen LogP contribution < -0.4 is 0 Å². The summed E-state index contributed by atoms with van der Waals surface area (Å²) >= 11 is 3.50. The normalized spacial score (nSPS) is 41.9. The van der Waals surface area contributed by atoms with E-state index in [9.17, 15) is 4.79 Å². The third-order valence-electron chi connectivity index (χ3n) is 8.48. The van der Waals surface area contributed by atoms with Crippen molar-refractivity contribution in [3.8, 4) is 0 Å². The van der Waals surface area contributed by atoms with Crippen LogP contribution in [0.4, 0.5) is 0 Å². The van der Waals surface area contributed by atoms with Crippen molar-refractivity contribution in [2.75, 3.05) is 7.11 Å². The molecule has 1 aromatic rings. The second-order valence-electron chi connectivity index (χ2n) is 10.6. The molecular weight excluding hydrogens is 504 g/mol. The molecule has 4 saturated heterocycles. The lowest BCUT2D eigenvalue weighted by Gasteiger charge is -2.60. The number of carbonyl (C=O) groups is 1. The van der Waals surface area contributed by atoms with E-state index in [4.69, 9.17) is 28.7 Å². The van der Waals surface area contributed by atoms with Gasteiger partial charge in [0.05, 0.1) is 13.2 Å². The summed E-state index contributed by atoms with van der Waals surface area (Å²) in [6.07, 6.45) is 3.31. The van der Waals surface area contributed by atoms with E-state index in [2.05, 4.69) is 29.8 Å². The Balaban J connectivity index is 1.42. The SMILES string of the molecule is COC(=O)CC[C@@H](O[C@H]1O[C@@H]2O[C@]3(C)CC[C@H]4[C@H](C)CCC([C@H]1C)[C@@]24OO3)c1ccc(Br)cc1. The quantitative estimate of drug-likeness (QED) is 0.341. The van der Waals surface area contributed by atoms with Crippen molar-refractivity contribution in [2.24, 2.45) is 23.7 Å². The van der Waals surface area contributed by atoms with E-state index in [-0.39, 0.29) is 30.3 Å².